The molecule has 0 aliphatic rings. The van der Waals surface area contributed by atoms with Crippen molar-refractivity contribution in [3.05, 3.63) is 59.1 Å². The Morgan fingerprint density at radius 3 is 1.72 bits per heavy atom. The molecular formula is C15H18N2O. The first-order valence-corrected chi connectivity index (χ1v) is 5.97. The van der Waals surface area contributed by atoms with Crippen LogP contribution >= 0.6 is 0 Å². The van der Waals surface area contributed by atoms with Crippen LogP contribution in [0, 0.1) is 0 Å². The molecule has 0 unspecified atom stereocenters. The largest absolute Gasteiger partial charge is 0.329 e. The van der Waals surface area contributed by atoms with Crippen molar-refractivity contribution in [2.45, 2.75) is 26.9 Å². The van der Waals surface area contributed by atoms with E-state index in [1.54, 1.807) is 9.13 Å². The maximum atomic E-state index is 12.4. The SMILES string of the molecule is C=C(C)Cn1c(=O)n(CC(=C)C)c2ccccc21. The fourth-order valence-corrected chi connectivity index (χ4v) is 2.12. The fraction of sp³-hybridized carbons (Fsp3) is 0.267. The van der Waals surface area contributed by atoms with Crippen LogP contribution in [0.5, 0.6) is 0 Å². The highest BCUT2D eigenvalue weighted by Gasteiger charge is 2.12. The van der Waals surface area contributed by atoms with Crippen molar-refractivity contribution in [3.63, 3.8) is 0 Å². The minimum Gasteiger partial charge on any atom is -0.288 e. The van der Waals surface area contributed by atoms with Crippen LogP contribution in [0.25, 0.3) is 11.0 Å². The van der Waals surface area contributed by atoms with E-state index in [9.17, 15) is 4.79 Å². The third kappa shape index (κ3) is 2.16. The van der Waals surface area contributed by atoms with E-state index >= 15 is 0 Å². The van der Waals surface area contributed by atoms with Crippen LogP contribution < -0.4 is 5.69 Å². The highest BCUT2D eigenvalue weighted by atomic mass is 16.1. The number of aromatic nitrogens is 2. The van der Waals surface area contributed by atoms with E-state index in [0.717, 1.165) is 22.2 Å². The molecule has 94 valence electrons. The van der Waals surface area contributed by atoms with Gasteiger partial charge < -0.3 is 0 Å². The van der Waals surface area contributed by atoms with Crippen LogP contribution in [-0.2, 0) is 13.1 Å². The van der Waals surface area contributed by atoms with Gasteiger partial charge in [-0.1, -0.05) is 36.4 Å². The molecule has 0 spiro atoms. The highest BCUT2D eigenvalue weighted by Crippen LogP contribution is 2.14. The summed E-state index contributed by atoms with van der Waals surface area (Å²) in [5.74, 6) is 0. The summed E-state index contributed by atoms with van der Waals surface area (Å²) in [5, 5.41) is 0. The van der Waals surface area contributed by atoms with Crippen LogP contribution in [-0.4, -0.2) is 9.13 Å². The first-order chi connectivity index (χ1) is 8.50. The predicted octanol–water partition coefficient (Wildman–Crippen LogP) is 2.96. The van der Waals surface area contributed by atoms with E-state index in [2.05, 4.69) is 13.2 Å². The van der Waals surface area contributed by atoms with Crippen molar-refractivity contribution in [1.82, 2.24) is 9.13 Å². The third-order valence-corrected chi connectivity index (χ3v) is 2.78. The lowest BCUT2D eigenvalue weighted by Gasteiger charge is -2.02. The second kappa shape index (κ2) is 4.69. The van der Waals surface area contributed by atoms with Crippen molar-refractivity contribution in [2.24, 2.45) is 0 Å². The van der Waals surface area contributed by atoms with E-state index in [1.165, 1.54) is 0 Å². The molecular weight excluding hydrogens is 224 g/mol. The van der Waals surface area contributed by atoms with Gasteiger partial charge in [0.25, 0.3) is 0 Å². The fourth-order valence-electron chi connectivity index (χ4n) is 2.12. The Balaban J connectivity index is 2.71. The Kier molecular flexibility index (Phi) is 3.24. The molecule has 0 aliphatic heterocycles. The first-order valence-electron chi connectivity index (χ1n) is 5.97. The molecule has 3 heteroatoms. The van der Waals surface area contributed by atoms with Gasteiger partial charge in [0.15, 0.2) is 0 Å². The molecule has 2 rings (SSSR count). The molecule has 0 N–H and O–H groups in total. The number of rotatable bonds is 4. The van der Waals surface area contributed by atoms with Crippen LogP contribution in [0.3, 0.4) is 0 Å². The van der Waals surface area contributed by atoms with Crippen molar-refractivity contribution in [3.8, 4) is 0 Å². The zero-order chi connectivity index (χ0) is 13.3. The van der Waals surface area contributed by atoms with E-state index in [0.29, 0.717) is 13.1 Å². The highest BCUT2D eigenvalue weighted by molar-refractivity contribution is 5.76. The molecule has 0 atom stereocenters. The second-order valence-electron chi connectivity index (χ2n) is 4.86. The molecule has 0 radical (unpaired) electrons. The summed E-state index contributed by atoms with van der Waals surface area (Å²) in [6, 6.07) is 7.83. The zero-order valence-electron chi connectivity index (χ0n) is 10.9. The number of hydrogen-bond acceptors (Lipinski definition) is 1. The van der Waals surface area contributed by atoms with Crippen molar-refractivity contribution in [2.75, 3.05) is 0 Å². The van der Waals surface area contributed by atoms with Crippen molar-refractivity contribution >= 4 is 11.0 Å². The first kappa shape index (κ1) is 12.4. The van der Waals surface area contributed by atoms with Gasteiger partial charge in [-0.05, 0) is 26.0 Å². The summed E-state index contributed by atoms with van der Waals surface area (Å²) in [4.78, 5) is 12.4. The average Bonchev–Trinajstić information content (AvgIpc) is 2.54. The normalized spacial score (nSPS) is 10.8. The van der Waals surface area contributed by atoms with Gasteiger partial charge in [0.05, 0.1) is 11.0 Å². The molecule has 3 nitrogen and oxygen atoms in total. The zero-order valence-corrected chi connectivity index (χ0v) is 10.9. The number of hydrogen-bond donors (Lipinski definition) is 0. The third-order valence-electron chi connectivity index (χ3n) is 2.78. The van der Waals surface area contributed by atoms with Crippen LogP contribution in [0.15, 0.2) is 53.4 Å². The average molecular weight is 242 g/mol. The molecule has 1 aromatic heterocycles. The minimum atomic E-state index is 0.00204. The molecule has 1 aromatic carbocycles. The Hall–Kier alpha value is -2.03. The molecule has 18 heavy (non-hydrogen) atoms. The van der Waals surface area contributed by atoms with Gasteiger partial charge in [-0.15, -0.1) is 0 Å². The number of para-hydroxylation sites is 2. The lowest BCUT2D eigenvalue weighted by atomic mass is 10.3. The van der Waals surface area contributed by atoms with Crippen molar-refractivity contribution < 1.29 is 0 Å². The lowest BCUT2D eigenvalue weighted by Crippen LogP contribution is -2.25. The molecule has 0 fully saturated rings. The number of benzene rings is 1. The lowest BCUT2D eigenvalue weighted by molar-refractivity contribution is 0.692. The summed E-state index contributed by atoms with van der Waals surface area (Å²) in [7, 11) is 0. The van der Waals surface area contributed by atoms with Gasteiger partial charge in [-0.2, -0.15) is 0 Å². The smallest absolute Gasteiger partial charge is 0.288 e. The maximum absolute atomic E-state index is 12.4. The van der Waals surface area contributed by atoms with Gasteiger partial charge in [0, 0.05) is 13.1 Å². The minimum absolute atomic E-state index is 0.00204. The van der Waals surface area contributed by atoms with Gasteiger partial charge in [0.2, 0.25) is 0 Å². The monoisotopic (exact) mass is 242 g/mol. The van der Waals surface area contributed by atoms with Crippen LogP contribution in [0.4, 0.5) is 0 Å². The van der Waals surface area contributed by atoms with Gasteiger partial charge in [0.1, 0.15) is 0 Å². The van der Waals surface area contributed by atoms with Crippen LogP contribution in [0.1, 0.15) is 13.8 Å². The van der Waals surface area contributed by atoms with E-state index in [1.807, 2.05) is 38.1 Å². The Morgan fingerprint density at radius 2 is 1.39 bits per heavy atom. The van der Waals surface area contributed by atoms with Gasteiger partial charge >= 0.3 is 5.69 Å². The number of fused-ring (bicyclic) bond motifs is 1. The Labute approximate surface area is 107 Å². The van der Waals surface area contributed by atoms with Crippen molar-refractivity contribution in [1.29, 1.82) is 0 Å². The standard InChI is InChI=1S/C15H18N2O/c1-11(2)9-16-13-7-5-6-8-14(13)17(15(16)18)10-12(3)4/h5-8H,1,3,9-10H2,2,4H3. The number of allylic oxidation sites excluding steroid dienone is 2. The number of imidazole rings is 1. The van der Waals surface area contributed by atoms with E-state index in [4.69, 9.17) is 0 Å². The van der Waals surface area contributed by atoms with E-state index in [-0.39, 0.29) is 5.69 Å². The van der Waals surface area contributed by atoms with Gasteiger partial charge in [-0.25, -0.2) is 4.79 Å². The Bertz CT molecular complexity index is 617. The summed E-state index contributed by atoms with van der Waals surface area (Å²) in [6.45, 7) is 12.7. The molecule has 0 aliphatic carbocycles. The van der Waals surface area contributed by atoms with Crippen LogP contribution in [0.2, 0.25) is 0 Å². The quantitative estimate of drug-likeness (QED) is 0.757. The topological polar surface area (TPSA) is 26.9 Å². The van der Waals surface area contributed by atoms with E-state index < -0.39 is 0 Å². The molecule has 0 saturated carbocycles. The molecule has 0 bridgehead atoms. The molecule has 0 saturated heterocycles. The summed E-state index contributed by atoms with van der Waals surface area (Å²) in [5.41, 5.74) is 3.84. The predicted molar refractivity (Wildman–Crippen MR) is 75.8 cm³/mol. The van der Waals surface area contributed by atoms with Gasteiger partial charge in [-0.3, -0.25) is 9.13 Å². The number of nitrogens with zero attached hydrogens (tertiary/aromatic N) is 2. The summed E-state index contributed by atoms with van der Waals surface area (Å²) in [6.07, 6.45) is 0. The molecule has 2 aromatic rings. The summed E-state index contributed by atoms with van der Waals surface area (Å²) >= 11 is 0. The maximum Gasteiger partial charge on any atom is 0.329 e. The molecule has 1 heterocycles. The Morgan fingerprint density at radius 1 is 1.00 bits per heavy atom. The molecule has 0 amide bonds. The summed E-state index contributed by atoms with van der Waals surface area (Å²) < 4.78 is 3.53. The second-order valence-corrected chi connectivity index (χ2v) is 4.86.